The summed E-state index contributed by atoms with van der Waals surface area (Å²) in [5, 5.41) is 2.49. The first-order chi connectivity index (χ1) is 12.8. The second-order valence-corrected chi connectivity index (χ2v) is 6.55. The second-order valence-electron chi connectivity index (χ2n) is 6.55. The van der Waals surface area contributed by atoms with Crippen molar-refractivity contribution >= 4 is 23.4 Å². The van der Waals surface area contributed by atoms with Gasteiger partial charge < -0.3 is 20.0 Å². The molecule has 2 heterocycles. The first-order valence-corrected chi connectivity index (χ1v) is 8.62. The first-order valence-electron chi connectivity index (χ1n) is 8.62. The van der Waals surface area contributed by atoms with Crippen molar-refractivity contribution in [3.63, 3.8) is 0 Å². The van der Waals surface area contributed by atoms with Crippen LogP contribution >= 0.6 is 0 Å². The number of carbonyl (C=O) groups excluding carboxylic acids is 1. The molecule has 1 saturated heterocycles. The number of nitrogens with zero attached hydrogens (tertiary/aromatic N) is 5. The molecule has 3 rings (SSSR count). The molecule has 2 aromatic rings. The Balaban J connectivity index is 1.62. The molecule has 1 fully saturated rings. The van der Waals surface area contributed by atoms with Crippen LogP contribution in [0.2, 0.25) is 0 Å². The summed E-state index contributed by atoms with van der Waals surface area (Å²) in [5.41, 5.74) is -0.0362. The lowest BCUT2D eigenvalue weighted by molar-refractivity contribution is 0.208. The third kappa shape index (κ3) is 4.42. The van der Waals surface area contributed by atoms with E-state index in [2.05, 4.69) is 20.2 Å². The van der Waals surface area contributed by atoms with E-state index in [1.807, 2.05) is 32.0 Å². The monoisotopic (exact) mass is 376 g/mol. The summed E-state index contributed by atoms with van der Waals surface area (Å²) < 4.78 is 26.7. The highest BCUT2D eigenvalue weighted by Gasteiger charge is 2.23. The lowest BCUT2D eigenvalue weighted by atomic mass is 10.3. The van der Waals surface area contributed by atoms with E-state index in [0.29, 0.717) is 32.0 Å². The zero-order chi connectivity index (χ0) is 19.6. The summed E-state index contributed by atoms with van der Waals surface area (Å²) in [6, 6.07) is 4.57. The van der Waals surface area contributed by atoms with Crippen molar-refractivity contribution in [1.29, 1.82) is 0 Å². The number of piperazine rings is 1. The van der Waals surface area contributed by atoms with Gasteiger partial charge >= 0.3 is 6.03 Å². The number of aromatic nitrogens is 2. The van der Waals surface area contributed by atoms with Gasteiger partial charge in [-0.25, -0.2) is 23.5 Å². The quantitative estimate of drug-likeness (QED) is 0.892. The Morgan fingerprint density at radius 3 is 2.44 bits per heavy atom. The minimum Gasteiger partial charge on any atom is -0.363 e. The third-order valence-corrected chi connectivity index (χ3v) is 4.33. The van der Waals surface area contributed by atoms with Crippen LogP contribution in [0.15, 0.2) is 24.3 Å². The number of rotatable bonds is 3. The van der Waals surface area contributed by atoms with Crippen LogP contribution in [0.1, 0.15) is 5.82 Å². The number of benzene rings is 1. The topological polar surface area (TPSA) is 64.6 Å². The lowest BCUT2D eigenvalue weighted by Crippen LogP contribution is -2.50. The SMILES string of the molecule is Cc1nc(N(C)C)cc(N2CCN(C(=O)Nc3ccc(F)cc3F)CC2)n1. The summed E-state index contributed by atoms with van der Waals surface area (Å²) in [4.78, 5) is 26.8. The highest BCUT2D eigenvalue weighted by Crippen LogP contribution is 2.20. The summed E-state index contributed by atoms with van der Waals surface area (Å²) >= 11 is 0. The number of hydrogen-bond donors (Lipinski definition) is 1. The van der Waals surface area contributed by atoms with Crippen LogP contribution in [-0.2, 0) is 0 Å². The predicted molar refractivity (Wildman–Crippen MR) is 100 cm³/mol. The molecular formula is C18H22F2N6O. The molecular weight excluding hydrogens is 354 g/mol. The zero-order valence-corrected chi connectivity index (χ0v) is 15.5. The number of halogens is 2. The number of amides is 2. The Morgan fingerprint density at radius 2 is 1.81 bits per heavy atom. The number of hydrogen-bond acceptors (Lipinski definition) is 5. The highest BCUT2D eigenvalue weighted by molar-refractivity contribution is 5.89. The predicted octanol–water partition coefficient (Wildman–Crippen LogP) is 2.48. The Hall–Kier alpha value is -2.97. The Kier molecular flexibility index (Phi) is 5.38. The highest BCUT2D eigenvalue weighted by atomic mass is 19.1. The van der Waals surface area contributed by atoms with Gasteiger partial charge in [0.25, 0.3) is 0 Å². The van der Waals surface area contributed by atoms with Gasteiger partial charge in [0.05, 0.1) is 5.69 Å². The van der Waals surface area contributed by atoms with Crippen molar-refractivity contribution in [3.05, 3.63) is 41.7 Å². The van der Waals surface area contributed by atoms with Gasteiger partial charge in [0, 0.05) is 52.4 Å². The average molecular weight is 376 g/mol. The van der Waals surface area contributed by atoms with Crippen LogP contribution in [0.3, 0.4) is 0 Å². The van der Waals surface area contributed by atoms with Crippen molar-refractivity contribution in [3.8, 4) is 0 Å². The molecule has 27 heavy (non-hydrogen) atoms. The maximum absolute atomic E-state index is 13.7. The third-order valence-electron chi connectivity index (χ3n) is 4.33. The Bertz CT molecular complexity index is 837. The van der Waals surface area contributed by atoms with E-state index in [4.69, 9.17) is 0 Å². The molecule has 7 nitrogen and oxygen atoms in total. The number of aryl methyl sites for hydroxylation is 1. The smallest absolute Gasteiger partial charge is 0.322 e. The van der Waals surface area contributed by atoms with E-state index >= 15 is 0 Å². The molecule has 2 amide bonds. The van der Waals surface area contributed by atoms with Crippen LogP contribution in [0.25, 0.3) is 0 Å². The number of carbonyl (C=O) groups is 1. The summed E-state index contributed by atoms with van der Waals surface area (Å²) in [5.74, 6) is 0.842. The number of urea groups is 1. The molecule has 1 N–H and O–H groups in total. The minimum atomic E-state index is -0.797. The molecule has 9 heteroatoms. The van der Waals surface area contributed by atoms with Crippen LogP contribution in [0.5, 0.6) is 0 Å². The van der Waals surface area contributed by atoms with Gasteiger partial charge in [-0.2, -0.15) is 0 Å². The van der Waals surface area contributed by atoms with E-state index in [1.54, 1.807) is 4.90 Å². The molecule has 1 aliphatic rings. The Morgan fingerprint density at radius 1 is 1.11 bits per heavy atom. The minimum absolute atomic E-state index is 0.0362. The van der Waals surface area contributed by atoms with Gasteiger partial charge in [0.15, 0.2) is 0 Å². The first kappa shape index (κ1) is 18.8. The van der Waals surface area contributed by atoms with E-state index in [0.717, 1.165) is 23.8 Å². The molecule has 0 aliphatic carbocycles. The fourth-order valence-corrected chi connectivity index (χ4v) is 2.85. The molecule has 0 unspecified atom stereocenters. The maximum atomic E-state index is 13.7. The fourth-order valence-electron chi connectivity index (χ4n) is 2.85. The van der Waals surface area contributed by atoms with Gasteiger partial charge in [-0.3, -0.25) is 0 Å². The molecule has 0 atom stereocenters. The van der Waals surface area contributed by atoms with Crippen molar-refractivity contribution < 1.29 is 13.6 Å². The van der Waals surface area contributed by atoms with Crippen molar-refractivity contribution in [2.45, 2.75) is 6.92 Å². The van der Waals surface area contributed by atoms with Gasteiger partial charge in [-0.05, 0) is 19.1 Å². The van der Waals surface area contributed by atoms with Gasteiger partial charge in [-0.1, -0.05) is 0 Å². The number of anilines is 3. The van der Waals surface area contributed by atoms with Crippen LogP contribution in [0, 0.1) is 18.6 Å². The van der Waals surface area contributed by atoms with Crippen LogP contribution in [-0.4, -0.2) is 61.2 Å². The zero-order valence-electron chi connectivity index (χ0n) is 15.5. The van der Waals surface area contributed by atoms with Crippen molar-refractivity contribution in [2.75, 3.05) is 55.4 Å². The van der Waals surface area contributed by atoms with E-state index in [9.17, 15) is 13.6 Å². The summed E-state index contributed by atoms with van der Waals surface area (Å²) in [6.45, 7) is 3.98. The summed E-state index contributed by atoms with van der Waals surface area (Å²) in [7, 11) is 3.84. The lowest BCUT2D eigenvalue weighted by Gasteiger charge is -2.35. The largest absolute Gasteiger partial charge is 0.363 e. The fraction of sp³-hybridized carbons (Fsp3) is 0.389. The van der Waals surface area contributed by atoms with Crippen LogP contribution < -0.4 is 15.1 Å². The van der Waals surface area contributed by atoms with E-state index in [1.165, 1.54) is 6.07 Å². The normalized spacial score (nSPS) is 14.3. The molecule has 144 valence electrons. The molecule has 1 aliphatic heterocycles. The molecule has 1 aromatic carbocycles. The van der Waals surface area contributed by atoms with Crippen molar-refractivity contribution in [1.82, 2.24) is 14.9 Å². The van der Waals surface area contributed by atoms with Crippen LogP contribution in [0.4, 0.5) is 30.9 Å². The molecule has 0 radical (unpaired) electrons. The van der Waals surface area contributed by atoms with Gasteiger partial charge in [-0.15, -0.1) is 0 Å². The van der Waals surface area contributed by atoms with E-state index in [-0.39, 0.29) is 5.69 Å². The van der Waals surface area contributed by atoms with Crippen molar-refractivity contribution in [2.24, 2.45) is 0 Å². The van der Waals surface area contributed by atoms with Gasteiger partial charge in [0.2, 0.25) is 0 Å². The molecule has 1 aromatic heterocycles. The summed E-state index contributed by atoms with van der Waals surface area (Å²) in [6.07, 6.45) is 0. The molecule has 0 saturated carbocycles. The Labute approximate surface area is 156 Å². The average Bonchev–Trinajstić information content (AvgIpc) is 2.63. The maximum Gasteiger partial charge on any atom is 0.322 e. The van der Waals surface area contributed by atoms with Gasteiger partial charge in [0.1, 0.15) is 29.1 Å². The molecule has 0 bridgehead atoms. The second kappa shape index (κ2) is 7.73. The number of nitrogens with one attached hydrogen (secondary N) is 1. The van der Waals surface area contributed by atoms with E-state index < -0.39 is 17.7 Å². The standard InChI is InChI=1S/C18H22F2N6O/c1-12-21-16(24(2)3)11-17(22-12)25-6-8-26(9-7-25)18(27)23-15-5-4-13(19)10-14(15)20/h4-5,10-11H,6-9H2,1-3H3,(H,23,27). The molecule has 0 spiro atoms.